The molecule has 0 N–H and O–H groups in total. The van der Waals surface area contributed by atoms with Crippen molar-refractivity contribution in [2.24, 2.45) is 0 Å². The molecule has 1 heterocycles. The van der Waals surface area contributed by atoms with Crippen LogP contribution in [0.25, 0.3) is 0 Å². The maximum atomic E-state index is 14.3. The molecule has 0 spiro atoms. The lowest BCUT2D eigenvalue weighted by Crippen LogP contribution is -2.32. The predicted octanol–water partition coefficient (Wildman–Crippen LogP) is 5.07. The van der Waals surface area contributed by atoms with E-state index in [4.69, 9.17) is 11.6 Å². The number of sulfonamides is 1. The van der Waals surface area contributed by atoms with Crippen molar-refractivity contribution in [3.63, 3.8) is 0 Å². The molecule has 0 amide bonds. The molecule has 0 aliphatic heterocycles. The van der Waals surface area contributed by atoms with Gasteiger partial charge < -0.3 is 4.57 Å². The molecule has 0 saturated heterocycles. The van der Waals surface area contributed by atoms with Crippen LogP contribution in [0.1, 0.15) is 16.8 Å². The van der Waals surface area contributed by atoms with E-state index in [1.807, 2.05) is 30.3 Å². The van der Waals surface area contributed by atoms with E-state index >= 15 is 0 Å². The summed E-state index contributed by atoms with van der Waals surface area (Å²) < 4.78 is 70.6. The normalized spacial score (nSPS) is 12.1. The van der Waals surface area contributed by atoms with E-state index in [2.05, 4.69) is 11.6 Å². The molecule has 0 radical (unpaired) electrons. The van der Waals surface area contributed by atoms with Gasteiger partial charge in [-0.1, -0.05) is 66.2 Å². The van der Waals surface area contributed by atoms with Crippen LogP contribution in [0.5, 0.6) is 0 Å². The molecule has 0 aliphatic carbocycles. The van der Waals surface area contributed by atoms with Crippen molar-refractivity contribution in [3.8, 4) is 0 Å². The zero-order valence-electron chi connectivity index (χ0n) is 20.2. The van der Waals surface area contributed by atoms with Gasteiger partial charge in [-0.3, -0.25) is 0 Å². The quantitative estimate of drug-likeness (QED) is 0.234. The summed E-state index contributed by atoms with van der Waals surface area (Å²) in [5.74, 6) is -1.23. The lowest BCUT2D eigenvalue weighted by molar-refractivity contribution is 0.424. The van der Waals surface area contributed by atoms with Crippen LogP contribution in [0.15, 0.2) is 108 Å². The second-order valence-electron chi connectivity index (χ2n) is 8.49. The fourth-order valence-corrected chi connectivity index (χ4v) is 6.93. The molecule has 38 heavy (non-hydrogen) atoms. The van der Waals surface area contributed by atoms with Gasteiger partial charge in [0.15, 0.2) is 0 Å². The van der Waals surface area contributed by atoms with Crippen molar-refractivity contribution in [1.82, 2.24) is 13.9 Å². The van der Waals surface area contributed by atoms with Crippen LogP contribution in [0.4, 0.5) is 4.39 Å². The standard InChI is InChI=1S/C27H25ClFN3O4S2/c1-2-16-31(38(35,36)25-14-12-23(28)13-15-25)19-24-17-30-27(32(24)18-21-8-4-3-5-9-21)37(33,34)20-22-10-6-7-11-26(22)29/h2-15,17H,1,16,18-20H2. The summed E-state index contributed by atoms with van der Waals surface area (Å²) in [7, 11) is -8.08. The van der Waals surface area contributed by atoms with Crippen molar-refractivity contribution in [2.75, 3.05) is 6.54 Å². The zero-order valence-corrected chi connectivity index (χ0v) is 22.6. The molecule has 11 heteroatoms. The third kappa shape index (κ3) is 6.21. The Balaban J connectivity index is 1.76. The van der Waals surface area contributed by atoms with Gasteiger partial charge in [0.05, 0.1) is 35.6 Å². The van der Waals surface area contributed by atoms with E-state index in [9.17, 15) is 21.2 Å². The fourth-order valence-electron chi connectivity index (χ4n) is 3.91. The highest BCUT2D eigenvalue weighted by Gasteiger charge is 2.29. The molecular formula is C27H25ClFN3O4S2. The van der Waals surface area contributed by atoms with E-state index in [0.29, 0.717) is 10.7 Å². The predicted molar refractivity (Wildman–Crippen MR) is 144 cm³/mol. The van der Waals surface area contributed by atoms with Crippen molar-refractivity contribution in [1.29, 1.82) is 0 Å². The van der Waals surface area contributed by atoms with Gasteiger partial charge in [0.1, 0.15) is 5.82 Å². The van der Waals surface area contributed by atoms with E-state index in [1.54, 1.807) is 6.07 Å². The number of rotatable bonds is 11. The lowest BCUT2D eigenvalue weighted by atomic mass is 10.2. The van der Waals surface area contributed by atoms with Crippen molar-refractivity contribution in [3.05, 3.63) is 125 Å². The number of aromatic nitrogens is 2. The SMILES string of the molecule is C=CCN(Cc1cnc(S(=O)(=O)Cc2ccccc2F)n1Cc1ccccc1)S(=O)(=O)c1ccc(Cl)cc1. The Hall–Kier alpha value is -3.31. The number of benzene rings is 3. The average molecular weight is 574 g/mol. The molecule has 198 valence electrons. The second-order valence-corrected chi connectivity index (χ2v) is 12.8. The van der Waals surface area contributed by atoms with Gasteiger partial charge >= 0.3 is 0 Å². The van der Waals surface area contributed by atoms with Gasteiger partial charge in [-0.2, -0.15) is 4.31 Å². The average Bonchev–Trinajstić information content (AvgIpc) is 3.29. The van der Waals surface area contributed by atoms with Gasteiger partial charge in [0.25, 0.3) is 0 Å². The number of hydrogen-bond acceptors (Lipinski definition) is 5. The van der Waals surface area contributed by atoms with Gasteiger partial charge in [-0.05, 0) is 35.9 Å². The smallest absolute Gasteiger partial charge is 0.243 e. The van der Waals surface area contributed by atoms with Crippen molar-refractivity contribution in [2.45, 2.75) is 28.9 Å². The third-order valence-electron chi connectivity index (χ3n) is 5.79. The van der Waals surface area contributed by atoms with Gasteiger partial charge in [-0.25, -0.2) is 26.2 Å². The Kier molecular flexibility index (Phi) is 8.47. The van der Waals surface area contributed by atoms with Crippen LogP contribution in [0, 0.1) is 5.82 Å². The maximum Gasteiger partial charge on any atom is 0.243 e. The van der Waals surface area contributed by atoms with Crippen LogP contribution < -0.4 is 0 Å². The van der Waals surface area contributed by atoms with Crippen LogP contribution >= 0.6 is 11.6 Å². The molecule has 0 unspecified atom stereocenters. The van der Waals surface area contributed by atoms with Crippen LogP contribution in [-0.2, 0) is 38.7 Å². The monoisotopic (exact) mass is 573 g/mol. The lowest BCUT2D eigenvalue weighted by Gasteiger charge is -2.22. The summed E-state index contributed by atoms with van der Waals surface area (Å²) in [6, 6.07) is 20.5. The Labute approximate surface area is 226 Å². The highest BCUT2D eigenvalue weighted by atomic mass is 35.5. The van der Waals surface area contributed by atoms with Crippen molar-refractivity contribution < 1.29 is 21.2 Å². The first kappa shape index (κ1) is 27.7. The third-order valence-corrected chi connectivity index (χ3v) is 9.44. The Morgan fingerprint density at radius 1 is 0.947 bits per heavy atom. The summed E-state index contributed by atoms with van der Waals surface area (Å²) in [5, 5.41) is 0.118. The zero-order chi connectivity index (χ0) is 27.3. The molecule has 0 fully saturated rings. The minimum atomic E-state index is -4.10. The summed E-state index contributed by atoms with van der Waals surface area (Å²) >= 11 is 5.93. The minimum Gasteiger partial charge on any atom is -0.313 e. The number of hydrogen-bond donors (Lipinski definition) is 0. The Morgan fingerprint density at radius 3 is 2.26 bits per heavy atom. The highest BCUT2D eigenvalue weighted by molar-refractivity contribution is 7.90. The molecule has 4 rings (SSSR count). The van der Waals surface area contributed by atoms with E-state index in [0.717, 1.165) is 5.56 Å². The first-order valence-electron chi connectivity index (χ1n) is 11.5. The molecule has 0 aliphatic rings. The molecule has 0 bridgehead atoms. The molecule has 7 nitrogen and oxygen atoms in total. The van der Waals surface area contributed by atoms with Crippen LogP contribution in [0.3, 0.4) is 0 Å². The number of sulfone groups is 1. The Bertz CT molecular complexity index is 1640. The molecular weight excluding hydrogens is 549 g/mol. The number of imidazole rings is 1. The summed E-state index contributed by atoms with van der Waals surface area (Å²) in [5.41, 5.74) is 1.15. The van der Waals surface area contributed by atoms with Crippen LogP contribution in [0.2, 0.25) is 5.02 Å². The van der Waals surface area contributed by atoms with Gasteiger partial charge in [0.2, 0.25) is 25.0 Å². The van der Waals surface area contributed by atoms with E-state index < -0.39 is 31.4 Å². The molecule has 0 saturated carbocycles. The first-order chi connectivity index (χ1) is 18.1. The highest BCUT2D eigenvalue weighted by Crippen LogP contribution is 2.24. The minimum absolute atomic E-state index is 0.0157. The molecule has 1 aromatic heterocycles. The van der Waals surface area contributed by atoms with Gasteiger partial charge in [0, 0.05) is 17.1 Å². The second kappa shape index (κ2) is 11.6. The Morgan fingerprint density at radius 2 is 1.61 bits per heavy atom. The van der Waals surface area contributed by atoms with E-state index in [-0.39, 0.29) is 35.2 Å². The first-order valence-corrected chi connectivity index (χ1v) is 15.0. The topological polar surface area (TPSA) is 89.3 Å². The van der Waals surface area contributed by atoms with Crippen molar-refractivity contribution >= 4 is 31.5 Å². The van der Waals surface area contributed by atoms with Crippen LogP contribution in [-0.4, -0.2) is 37.2 Å². The number of halogens is 2. The summed E-state index contributed by atoms with van der Waals surface area (Å²) in [6.45, 7) is 3.58. The largest absolute Gasteiger partial charge is 0.313 e. The summed E-state index contributed by atoms with van der Waals surface area (Å²) in [6.07, 6.45) is 2.78. The van der Waals surface area contributed by atoms with Gasteiger partial charge in [-0.15, -0.1) is 6.58 Å². The molecule has 3 aromatic carbocycles. The molecule has 4 aromatic rings. The van der Waals surface area contributed by atoms with E-state index in [1.165, 1.54) is 63.6 Å². The number of nitrogens with zero attached hydrogens (tertiary/aromatic N) is 3. The maximum absolute atomic E-state index is 14.3. The fraction of sp³-hybridized carbons (Fsp3) is 0.148. The molecule has 0 atom stereocenters. The summed E-state index contributed by atoms with van der Waals surface area (Å²) in [4.78, 5) is 4.21.